The lowest BCUT2D eigenvalue weighted by Crippen LogP contribution is -2.25. The lowest BCUT2D eigenvalue weighted by Gasteiger charge is -2.20. The fourth-order valence-corrected chi connectivity index (χ4v) is 1.26. The highest BCUT2D eigenvalue weighted by atomic mass is 19.4. The largest absolute Gasteiger partial charge is 0.395 e. The number of pyridine rings is 1. The smallest absolute Gasteiger partial charge is 0.390 e. The Balaban J connectivity index is 2.83. The van der Waals surface area contributed by atoms with Crippen LogP contribution in [0.3, 0.4) is 0 Å². The van der Waals surface area contributed by atoms with E-state index in [-0.39, 0.29) is 23.6 Å². The number of anilines is 2. The maximum atomic E-state index is 12.0. The van der Waals surface area contributed by atoms with Crippen molar-refractivity contribution in [2.75, 3.05) is 24.2 Å². The molecule has 17 heavy (non-hydrogen) atoms. The molecule has 1 heterocycles. The summed E-state index contributed by atoms with van der Waals surface area (Å²) in [6.07, 6.45) is -3.84. The van der Waals surface area contributed by atoms with E-state index < -0.39 is 12.6 Å². The van der Waals surface area contributed by atoms with Gasteiger partial charge in [0.25, 0.3) is 0 Å². The average molecular weight is 244 g/mol. The van der Waals surface area contributed by atoms with Crippen molar-refractivity contribution in [2.45, 2.75) is 12.6 Å². The fraction of sp³-hybridized carbons (Fsp3) is 0.400. The van der Waals surface area contributed by atoms with Crippen LogP contribution in [0.25, 0.3) is 0 Å². The van der Waals surface area contributed by atoms with E-state index >= 15 is 0 Å². The molecule has 0 saturated carbocycles. The minimum absolute atomic E-state index is 0.0969. The van der Waals surface area contributed by atoms with E-state index in [4.69, 9.17) is 11.0 Å². The van der Waals surface area contributed by atoms with Gasteiger partial charge in [0, 0.05) is 19.8 Å². The van der Waals surface area contributed by atoms with Crippen molar-refractivity contribution in [1.29, 1.82) is 5.26 Å². The van der Waals surface area contributed by atoms with Gasteiger partial charge < -0.3 is 10.6 Å². The van der Waals surface area contributed by atoms with Crippen LogP contribution in [0.2, 0.25) is 0 Å². The third-order valence-corrected chi connectivity index (χ3v) is 2.18. The maximum Gasteiger partial charge on any atom is 0.390 e. The van der Waals surface area contributed by atoms with Gasteiger partial charge in [-0.15, -0.1) is 0 Å². The molecule has 2 N–H and O–H groups in total. The first-order chi connectivity index (χ1) is 7.85. The molecule has 0 amide bonds. The molecule has 0 spiro atoms. The Morgan fingerprint density at radius 3 is 2.71 bits per heavy atom. The number of nitrogens with two attached hydrogens (primary N) is 1. The maximum absolute atomic E-state index is 12.0. The van der Waals surface area contributed by atoms with E-state index in [9.17, 15) is 13.2 Å². The summed E-state index contributed by atoms with van der Waals surface area (Å²) in [6, 6.07) is 3.26. The third kappa shape index (κ3) is 3.52. The summed E-state index contributed by atoms with van der Waals surface area (Å²) in [5.74, 6) is 0.188. The third-order valence-electron chi connectivity index (χ3n) is 2.18. The van der Waals surface area contributed by atoms with Crippen LogP contribution >= 0.6 is 0 Å². The summed E-state index contributed by atoms with van der Waals surface area (Å²) in [5, 5.41) is 8.73. The molecule has 0 aliphatic heterocycles. The molecule has 0 unspecified atom stereocenters. The van der Waals surface area contributed by atoms with Crippen LogP contribution in [0.4, 0.5) is 24.7 Å². The zero-order valence-corrected chi connectivity index (χ0v) is 9.12. The van der Waals surface area contributed by atoms with Crippen molar-refractivity contribution in [3.8, 4) is 6.07 Å². The van der Waals surface area contributed by atoms with Crippen molar-refractivity contribution < 1.29 is 13.2 Å². The number of rotatable bonds is 3. The number of nitriles is 1. The van der Waals surface area contributed by atoms with Gasteiger partial charge in [0.2, 0.25) is 0 Å². The second kappa shape index (κ2) is 4.91. The van der Waals surface area contributed by atoms with Crippen LogP contribution < -0.4 is 10.6 Å². The summed E-state index contributed by atoms with van der Waals surface area (Å²) >= 11 is 0. The normalized spacial score (nSPS) is 11.0. The predicted molar refractivity (Wildman–Crippen MR) is 57.3 cm³/mol. The second-order valence-electron chi connectivity index (χ2n) is 3.49. The van der Waals surface area contributed by atoms with Crippen LogP contribution in [0.1, 0.15) is 12.0 Å². The first-order valence-electron chi connectivity index (χ1n) is 4.77. The Hall–Kier alpha value is -1.97. The quantitative estimate of drug-likeness (QED) is 0.882. The predicted octanol–water partition coefficient (Wildman–Crippen LogP) is 1.92. The van der Waals surface area contributed by atoms with Crippen LogP contribution in [0, 0.1) is 11.3 Å². The number of aromatic nitrogens is 1. The molecule has 0 aromatic carbocycles. The zero-order chi connectivity index (χ0) is 13.1. The number of nitrogen functional groups attached to an aromatic ring is 1. The Bertz CT molecular complexity index is 436. The van der Waals surface area contributed by atoms with Gasteiger partial charge in [-0.1, -0.05) is 0 Å². The van der Waals surface area contributed by atoms with Gasteiger partial charge in [0.05, 0.1) is 17.7 Å². The number of hydrogen-bond donors (Lipinski definition) is 1. The monoisotopic (exact) mass is 244 g/mol. The Labute approximate surface area is 96.5 Å². The first-order valence-corrected chi connectivity index (χ1v) is 4.77. The lowest BCUT2D eigenvalue weighted by atomic mass is 10.2. The summed E-state index contributed by atoms with van der Waals surface area (Å²) < 4.78 is 36.1. The van der Waals surface area contributed by atoms with Crippen LogP contribution in [-0.4, -0.2) is 24.8 Å². The molecule has 7 heteroatoms. The molecule has 1 rings (SSSR count). The molecule has 1 aromatic rings. The van der Waals surface area contributed by atoms with E-state index in [1.807, 2.05) is 6.07 Å². The van der Waals surface area contributed by atoms with Gasteiger partial charge in [0.15, 0.2) is 5.82 Å². The molecule has 0 aliphatic carbocycles. The molecule has 4 nitrogen and oxygen atoms in total. The number of alkyl halides is 3. The second-order valence-corrected chi connectivity index (χ2v) is 3.49. The average Bonchev–Trinajstić information content (AvgIpc) is 2.25. The van der Waals surface area contributed by atoms with E-state index in [0.717, 1.165) is 0 Å². The van der Waals surface area contributed by atoms with E-state index in [2.05, 4.69) is 4.98 Å². The molecule has 0 radical (unpaired) electrons. The fourth-order valence-electron chi connectivity index (χ4n) is 1.26. The summed E-state index contributed by atoms with van der Waals surface area (Å²) in [7, 11) is 1.45. The van der Waals surface area contributed by atoms with E-state index in [1.54, 1.807) is 0 Å². The highest BCUT2D eigenvalue weighted by molar-refractivity contribution is 5.69. The number of halogens is 3. The number of nitrogens with zero attached hydrogens (tertiary/aromatic N) is 3. The molecule has 0 fully saturated rings. The Kier molecular flexibility index (Phi) is 3.78. The van der Waals surface area contributed by atoms with Gasteiger partial charge in [-0.05, 0) is 6.07 Å². The molecule has 0 bridgehead atoms. The van der Waals surface area contributed by atoms with Crippen molar-refractivity contribution in [2.24, 2.45) is 0 Å². The van der Waals surface area contributed by atoms with Crippen LogP contribution in [0.5, 0.6) is 0 Å². The minimum atomic E-state index is -4.23. The van der Waals surface area contributed by atoms with E-state index in [0.29, 0.717) is 0 Å². The molecule has 0 aliphatic rings. The van der Waals surface area contributed by atoms with E-state index in [1.165, 1.54) is 24.2 Å². The molecule has 0 saturated heterocycles. The molecule has 1 aromatic heterocycles. The first kappa shape index (κ1) is 13.1. The molecule has 92 valence electrons. The number of hydrogen-bond acceptors (Lipinski definition) is 4. The van der Waals surface area contributed by atoms with Crippen molar-refractivity contribution in [1.82, 2.24) is 4.98 Å². The lowest BCUT2D eigenvalue weighted by molar-refractivity contribution is -0.132. The topological polar surface area (TPSA) is 65.9 Å². The summed E-state index contributed by atoms with van der Waals surface area (Å²) in [4.78, 5) is 5.15. The van der Waals surface area contributed by atoms with Gasteiger partial charge >= 0.3 is 6.18 Å². The van der Waals surface area contributed by atoms with Crippen molar-refractivity contribution in [3.05, 3.63) is 17.8 Å². The van der Waals surface area contributed by atoms with Gasteiger partial charge in [-0.3, -0.25) is 0 Å². The minimum Gasteiger partial charge on any atom is -0.395 e. The van der Waals surface area contributed by atoms with Gasteiger partial charge in [-0.25, -0.2) is 4.98 Å². The molecular formula is C10H11F3N4. The highest BCUT2D eigenvalue weighted by Gasteiger charge is 2.27. The molecule has 0 atom stereocenters. The van der Waals surface area contributed by atoms with Gasteiger partial charge in [-0.2, -0.15) is 18.4 Å². The van der Waals surface area contributed by atoms with Crippen molar-refractivity contribution >= 4 is 11.5 Å². The SMILES string of the molecule is CN(CCC(F)(F)F)c1nccc(C#N)c1N. The van der Waals surface area contributed by atoms with Crippen LogP contribution in [0.15, 0.2) is 12.3 Å². The molecular weight excluding hydrogens is 233 g/mol. The standard InChI is InChI=1S/C10H11F3N4/c1-17(5-3-10(11,12)13)9-8(15)7(6-14)2-4-16-9/h2,4H,3,5,15H2,1H3. The summed E-state index contributed by atoms with van der Waals surface area (Å²) in [6.45, 7) is -0.254. The van der Waals surface area contributed by atoms with Crippen LogP contribution in [-0.2, 0) is 0 Å². The van der Waals surface area contributed by atoms with Crippen molar-refractivity contribution in [3.63, 3.8) is 0 Å². The Morgan fingerprint density at radius 2 is 2.18 bits per heavy atom. The summed E-state index contributed by atoms with van der Waals surface area (Å²) in [5.41, 5.74) is 5.93. The zero-order valence-electron chi connectivity index (χ0n) is 9.12. The van der Waals surface area contributed by atoms with Gasteiger partial charge in [0.1, 0.15) is 6.07 Å². The highest BCUT2D eigenvalue weighted by Crippen LogP contribution is 2.25. The Morgan fingerprint density at radius 1 is 1.53 bits per heavy atom.